The van der Waals surface area contributed by atoms with Crippen LogP contribution in [0.1, 0.15) is 30.3 Å². The maximum Gasteiger partial charge on any atom is 0.415 e. The van der Waals surface area contributed by atoms with Crippen LogP contribution in [0.15, 0.2) is 11.6 Å². The van der Waals surface area contributed by atoms with Gasteiger partial charge in [0, 0.05) is 24.7 Å². The van der Waals surface area contributed by atoms with E-state index < -0.39 is 29.6 Å². The number of thiazole rings is 1. The largest absolute Gasteiger partial charge is 0.481 e. The molecule has 1 aliphatic heterocycles. The molecule has 1 aromatic rings. The van der Waals surface area contributed by atoms with Crippen molar-refractivity contribution >= 4 is 23.3 Å². The molecule has 132 valence electrons. The number of rotatable bonds is 3. The van der Waals surface area contributed by atoms with Gasteiger partial charge in [-0.25, -0.2) is 9.78 Å². The van der Waals surface area contributed by atoms with E-state index in [-0.39, 0.29) is 24.0 Å². The molecule has 2 amide bonds. The molecule has 1 saturated heterocycles. The van der Waals surface area contributed by atoms with E-state index in [0.717, 1.165) is 17.8 Å². The molecule has 1 aliphatic carbocycles. The molecule has 3 rings (SSSR count). The zero-order valence-electron chi connectivity index (χ0n) is 12.5. The Morgan fingerprint density at radius 3 is 2.79 bits per heavy atom. The summed E-state index contributed by atoms with van der Waals surface area (Å²) in [5, 5.41) is 12.6. The Kier molecular flexibility index (Phi) is 4.18. The Balaban J connectivity index is 1.74. The number of nitrogens with one attached hydrogen (secondary N) is 1. The number of nitrogens with zero attached hydrogens (tertiary/aromatic N) is 2. The molecule has 2 fully saturated rings. The highest BCUT2D eigenvalue weighted by Gasteiger charge is 2.56. The Morgan fingerprint density at radius 1 is 1.50 bits per heavy atom. The molecule has 1 aromatic heterocycles. The molecule has 0 spiro atoms. The van der Waals surface area contributed by atoms with Gasteiger partial charge in [0.25, 0.3) is 0 Å². The van der Waals surface area contributed by atoms with E-state index in [0.29, 0.717) is 12.8 Å². The van der Waals surface area contributed by atoms with Crippen LogP contribution in [0.2, 0.25) is 0 Å². The van der Waals surface area contributed by atoms with Gasteiger partial charge in [-0.15, -0.1) is 11.3 Å². The van der Waals surface area contributed by atoms with Crippen LogP contribution in [0, 0.1) is 11.3 Å². The lowest BCUT2D eigenvalue weighted by Crippen LogP contribution is -2.46. The highest BCUT2D eigenvalue weighted by atomic mass is 32.1. The van der Waals surface area contributed by atoms with Crippen LogP contribution in [-0.4, -0.2) is 46.3 Å². The Labute approximate surface area is 139 Å². The summed E-state index contributed by atoms with van der Waals surface area (Å²) in [7, 11) is 0. The van der Waals surface area contributed by atoms with Crippen LogP contribution >= 0.6 is 11.3 Å². The van der Waals surface area contributed by atoms with E-state index in [9.17, 15) is 27.9 Å². The van der Waals surface area contributed by atoms with Gasteiger partial charge in [0.05, 0.1) is 5.41 Å². The second-order valence-electron chi connectivity index (χ2n) is 6.23. The van der Waals surface area contributed by atoms with Crippen LogP contribution < -0.4 is 5.32 Å². The van der Waals surface area contributed by atoms with E-state index in [1.54, 1.807) is 0 Å². The Hall–Kier alpha value is -1.84. The minimum atomic E-state index is -4.67. The summed E-state index contributed by atoms with van der Waals surface area (Å²) in [4.78, 5) is 28.7. The minimum Gasteiger partial charge on any atom is -0.481 e. The van der Waals surface area contributed by atoms with E-state index in [1.807, 2.05) is 5.32 Å². The van der Waals surface area contributed by atoms with Crippen molar-refractivity contribution in [1.82, 2.24) is 15.2 Å². The Bertz CT molecular complexity index is 637. The number of carbonyl (C=O) groups excluding carboxylic acids is 1. The number of aliphatic carboxylic acids is 1. The van der Waals surface area contributed by atoms with Gasteiger partial charge in [-0.05, 0) is 18.8 Å². The third kappa shape index (κ3) is 2.83. The highest BCUT2D eigenvalue weighted by Crippen LogP contribution is 2.49. The average molecular weight is 363 g/mol. The van der Waals surface area contributed by atoms with Crippen molar-refractivity contribution in [2.75, 3.05) is 13.1 Å². The topological polar surface area (TPSA) is 82.5 Å². The van der Waals surface area contributed by atoms with Crippen molar-refractivity contribution < 1.29 is 27.9 Å². The summed E-state index contributed by atoms with van der Waals surface area (Å²) in [5.41, 5.74) is -1.02. The maximum absolute atomic E-state index is 13.2. The van der Waals surface area contributed by atoms with Crippen molar-refractivity contribution in [1.29, 1.82) is 0 Å². The molecule has 24 heavy (non-hydrogen) atoms. The third-order valence-electron chi connectivity index (χ3n) is 4.88. The van der Waals surface area contributed by atoms with Gasteiger partial charge in [0.1, 0.15) is 5.01 Å². The number of hydrogen-bond acceptors (Lipinski definition) is 4. The quantitative estimate of drug-likeness (QED) is 0.865. The Morgan fingerprint density at radius 2 is 2.25 bits per heavy atom. The number of urea groups is 1. The van der Waals surface area contributed by atoms with Crippen LogP contribution in [-0.2, 0) is 4.79 Å². The normalized spacial score (nSPS) is 27.8. The second kappa shape index (κ2) is 5.91. The van der Waals surface area contributed by atoms with Crippen molar-refractivity contribution in [3.63, 3.8) is 0 Å². The van der Waals surface area contributed by atoms with Gasteiger partial charge in [0.2, 0.25) is 0 Å². The number of amides is 2. The molecule has 2 heterocycles. The molecular formula is C14H16F3N3O3S. The summed E-state index contributed by atoms with van der Waals surface area (Å²) in [6.45, 7) is 0.113. The number of carboxylic acid groups (broad SMARTS) is 1. The summed E-state index contributed by atoms with van der Waals surface area (Å²) in [6, 6.07) is -3.09. The summed E-state index contributed by atoms with van der Waals surface area (Å²) in [5.74, 6) is -1.18. The van der Waals surface area contributed by atoms with E-state index in [1.165, 1.54) is 16.5 Å². The number of aromatic nitrogens is 1. The first kappa shape index (κ1) is 17.0. The number of likely N-dealkylation sites (tertiary alicyclic amines) is 1. The van der Waals surface area contributed by atoms with Crippen LogP contribution in [0.25, 0.3) is 0 Å². The number of hydrogen-bond donors (Lipinski definition) is 2. The molecule has 0 aromatic carbocycles. The predicted octanol–water partition coefficient (Wildman–Crippen LogP) is 2.64. The summed E-state index contributed by atoms with van der Waals surface area (Å²) >= 11 is 0.805. The fourth-order valence-electron chi connectivity index (χ4n) is 3.67. The number of halogens is 3. The lowest BCUT2D eigenvalue weighted by Gasteiger charge is -2.25. The molecule has 10 heteroatoms. The predicted molar refractivity (Wildman–Crippen MR) is 78.4 cm³/mol. The molecule has 1 unspecified atom stereocenters. The fraction of sp³-hybridized carbons (Fsp3) is 0.643. The minimum absolute atomic E-state index is 0.0543. The first-order chi connectivity index (χ1) is 11.2. The average Bonchev–Trinajstić information content (AvgIpc) is 3.17. The van der Waals surface area contributed by atoms with Crippen molar-refractivity contribution in [2.45, 2.75) is 31.5 Å². The van der Waals surface area contributed by atoms with Crippen molar-refractivity contribution in [2.24, 2.45) is 11.3 Å². The van der Waals surface area contributed by atoms with E-state index in [4.69, 9.17) is 0 Å². The smallest absolute Gasteiger partial charge is 0.415 e. The molecule has 3 atom stereocenters. The molecule has 1 saturated carbocycles. The molecule has 2 aliphatic rings. The van der Waals surface area contributed by atoms with Gasteiger partial charge >= 0.3 is 18.2 Å². The fourth-order valence-corrected chi connectivity index (χ4v) is 4.38. The first-order valence-corrected chi connectivity index (χ1v) is 8.37. The third-order valence-corrected chi connectivity index (χ3v) is 5.72. The van der Waals surface area contributed by atoms with Crippen LogP contribution in [0.4, 0.5) is 18.0 Å². The van der Waals surface area contributed by atoms with Gasteiger partial charge in [-0.3, -0.25) is 4.79 Å². The number of fused-ring (bicyclic) bond motifs is 1. The standard InChI is InChI=1S/C14H16F3N3O3S/c15-14(16,17)9(10-18-4-5-24-10)19-12(23)20-6-8-2-1-3-13(8,7-20)11(21)22/h4-5,8-9H,1-3,6-7H2,(H,19,23)(H,21,22)/t8-,9?,13+/m0/s1. The lowest BCUT2D eigenvalue weighted by molar-refractivity contribution is -0.155. The van der Waals surface area contributed by atoms with Crippen LogP contribution in [0.5, 0.6) is 0 Å². The van der Waals surface area contributed by atoms with Crippen molar-refractivity contribution in [3.8, 4) is 0 Å². The maximum atomic E-state index is 13.2. The second-order valence-corrected chi connectivity index (χ2v) is 7.15. The van der Waals surface area contributed by atoms with Gasteiger partial charge < -0.3 is 15.3 Å². The highest BCUT2D eigenvalue weighted by molar-refractivity contribution is 7.09. The molecule has 0 bridgehead atoms. The van der Waals surface area contributed by atoms with Gasteiger partial charge in [-0.2, -0.15) is 13.2 Å². The number of carboxylic acids is 1. The number of carbonyl (C=O) groups is 2. The van der Waals surface area contributed by atoms with E-state index in [2.05, 4.69) is 4.98 Å². The molecule has 0 radical (unpaired) electrons. The number of alkyl halides is 3. The summed E-state index contributed by atoms with van der Waals surface area (Å²) in [6.07, 6.45) is -1.55. The molecule has 2 N–H and O–H groups in total. The SMILES string of the molecule is O=C(NC(c1nccs1)C(F)(F)F)N1C[C@@H]2CCC[C@@]2(C(=O)O)C1. The molecule has 6 nitrogen and oxygen atoms in total. The molecular weight excluding hydrogens is 347 g/mol. The monoisotopic (exact) mass is 363 g/mol. The first-order valence-electron chi connectivity index (χ1n) is 7.49. The lowest BCUT2D eigenvalue weighted by atomic mass is 9.81. The zero-order chi connectivity index (χ0) is 17.5. The van der Waals surface area contributed by atoms with Gasteiger partial charge in [-0.1, -0.05) is 6.42 Å². The van der Waals surface area contributed by atoms with Crippen LogP contribution in [0.3, 0.4) is 0 Å². The zero-order valence-corrected chi connectivity index (χ0v) is 13.4. The summed E-state index contributed by atoms with van der Waals surface area (Å²) < 4.78 is 39.6. The van der Waals surface area contributed by atoms with Crippen molar-refractivity contribution in [3.05, 3.63) is 16.6 Å². The van der Waals surface area contributed by atoms with E-state index >= 15 is 0 Å². The van der Waals surface area contributed by atoms with Gasteiger partial charge in [0.15, 0.2) is 6.04 Å².